The smallest absolute Gasteiger partial charge is 0.322 e. The molecule has 0 aromatic heterocycles. The fourth-order valence-electron chi connectivity index (χ4n) is 2.15. The van der Waals surface area contributed by atoms with Crippen molar-refractivity contribution in [3.63, 3.8) is 0 Å². The number of amides is 4. The summed E-state index contributed by atoms with van der Waals surface area (Å²) in [6.45, 7) is 0.874. The van der Waals surface area contributed by atoms with E-state index in [-0.39, 0.29) is 18.4 Å². The van der Waals surface area contributed by atoms with Gasteiger partial charge in [-0.2, -0.15) is 0 Å². The van der Waals surface area contributed by atoms with E-state index in [1.165, 1.54) is 0 Å². The first kappa shape index (κ1) is 10.9. The monoisotopic (exact) mass is 226 g/mol. The molecule has 1 spiro atoms. The second-order valence-corrected chi connectivity index (χ2v) is 4.08. The molecule has 0 aromatic carbocycles. The molecule has 2 aliphatic heterocycles. The first-order valence-electron chi connectivity index (χ1n) is 5.19. The number of imide groups is 1. The second-order valence-electron chi connectivity index (χ2n) is 4.08. The van der Waals surface area contributed by atoms with Gasteiger partial charge in [0, 0.05) is 13.1 Å². The lowest BCUT2D eigenvalue weighted by atomic mass is 9.88. The van der Waals surface area contributed by atoms with E-state index in [2.05, 4.69) is 10.6 Å². The number of rotatable bonds is 1. The summed E-state index contributed by atoms with van der Waals surface area (Å²) in [7, 11) is 0. The number of likely N-dealkylation sites (tertiary alicyclic amines) is 1. The summed E-state index contributed by atoms with van der Waals surface area (Å²) >= 11 is 0. The van der Waals surface area contributed by atoms with Crippen LogP contribution in [0.2, 0.25) is 0 Å². The third kappa shape index (κ3) is 1.63. The number of carbonyl (C=O) groups excluding carboxylic acids is 3. The Morgan fingerprint density at radius 2 is 2.00 bits per heavy atom. The first-order chi connectivity index (χ1) is 7.57. The molecule has 0 unspecified atom stereocenters. The quantitative estimate of drug-likeness (QED) is 0.456. The summed E-state index contributed by atoms with van der Waals surface area (Å²) in [6, 6.07) is -0.455. The Bertz CT molecular complexity index is 347. The number of hydrogen-bond acceptors (Lipinski definition) is 4. The molecule has 0 aromatic rings. The molecule has 2 saturated heterocycles. The van der Waals surface area contributed by atoms with Crippen molar-refractivity contribution in [1.29, 1.82) is 0 Å². The summed E-state index contributed by atoms with van der Waals surface area (Å²) in [5.74, 6) is -0.420. The van der Waals surface area contributed by atoms with Crippen LogP contribution in [-0.2, 0) is 9.59 Å². The molecule has 88 valence electrons. The molecule has 2 rings (SSSR count). The van der Waals surface area contributed by atoms with Crippen molar-refractivity contribution in [2.24, 2.45) is 5.73 Å². The van der Waals surface area contributed by atoms with Gasteiger partial charge in [-0.1, -0.05) is 0 Å². The Morgan fingerprint density at radius 1 is 1.38 bits per heavy atom. The van der Waals surface area contributed by atoms with Crippen molar-refractivity contribution in [2.75, 3.05) is 19.6 Å². The van der Waals surface area contributed by atoms with Crippen molar-refractivity contribution < 1.29 is 14.4 Å². The van der Waals surface area contributed by atoms with E-state index >= 15 is 0 Å². The molecule has 0 atom stereocenters. The van der Waals surface area contributed by atoms with Crippen molar-refractivity contribution >= 4 is 17.8 Å². The molecule has 2 aliphatic rings. The first-order valence-corrected chi connectivity index (χ1v) is 5.19. The van der Waals surface area contributed by atoms with Gasteiger partial charge in [-0.05, 0) is 12.8 Å². The van der Waals surface area contributed by atoms with Crippen LogP contribution in [-0.4, -0.2) is 47.9 Å². The lowest BCUT2D eigenvalue weighted by molar-refractivity contribution is -0.134. The van der Waals surface area contributed by atoms with E-state index < -0.39 is 11.6 Å². The fourth-order valence-corrected chi connectivity index (χ4v) is 2.15. The van der Waals surface area contributed by atoms with Crippen LogP contribution >= 0.6 is 0 Å². The van der Waals surface area contributed by atoms with E-state index in [0.717, 1.165) is 0 Å². The third-order valence-electron chi connectivity index (χ3n) is 3.16. The summed E-state index contributed by atoms with van der Waals surface area (Å²) < 4.78 is 0. The highest BCUT2D eigenvalue weighted by Gasteiger charge is 2.48. The van der Waals surface area contributed by atoms with E-state index in [9.17, 15) is 14.4 Å². The minimum Gasteiger partial charge on any atom is -0.341 e. The molecular weight excluding hydrogens is 212 g/mol. The summed E-state index contributed by atoms with van der Waals surface area (Å²) in [4.78, 5) is 35.6. The zero-order valence-electron chi connectivity index (χ0n) is 8.78. The average Bonchev–Trinajstić information content (AvgIpc) is 2.54. The largest absolute Gasteiger partial charge is 0.341 e. The Labute approximate surface area is 92.3 Å². The van der Waals surface area contributed by atoms with Crippen LogP contribution in [0.4, 0.5) is 4.79 Å². The van der Waals surface area contributed by atoms with Crippen LogP contribution in [0.15, 0.2) is 0 Å². The number of carbonyl (C=O) groups is 3. The average molecular weight is 226 g/mol. The van der Waals surface area contributed by atoms with E-state index in [4.69, 9.17) is 5.73 Å². The van der Waals surface area contributed by atoms with Gasteiger partial charge in [-0.25, -0.2) is 4.79 Å². The van der Waals surface area contributed by atoms with Crippen molar-refractivity contribution in [1.82, 2.24) is 15.5 Å². The third-order valence-corrected chi connectivity index (χ3v) is 3.16. The predicted molar refractivity (Wildman–Crippen MR) is 54.3 cm³/mol. The molecule has 2 heterocycles. The molecule has 0 bridgehead atoms. The number of nitrogens with two attached hydrogens (primary N) is 1. The number of hydrogen-bond donors (Lipinski definition) is 3. The standard InChI is InChI=1S/C9H14N4O3/c10-5-6(14)13-3-1-9(2-4-13)7(15)11-8(16)12-9/h1-5,10H2,(H2,11,12,15,16). The fraction of sp³-hybridized carbons (Fsp3) is 0.667. The summed E-state index contributed by atoms with van der Waals surface area (Å²) in [5.41, 5.74) is 4.44. The minimum atomic E-state index is -0.817. The Balaban J connectivity index is 2.02. The van der Waals surface area contributed by atoms with Gasteiger partial charge < -0.3 is 16.0 Å². The highest BCUT2D eigenvalue weighted by atomic mass is 16.2. The van der Waals surface area contributed by atoms with Crippen molar-refractivity contribution in [3.05, 3.63) is 0 Å². The van der Waals surface area contributed by atoms with Crippen LogP contribution in [0, 0.1) is 0 Å². The molecule has 0 radical (unpaired) electrons. The van der Waals surface area contributed by atoms with Crippen LogP contribution in [0.3, 0.4) is 0 Å². The van der Waals surface area contributed by atoms with Gasteiger partial charge in [-0.15, -0.1) is 0 Å². The van der Waals surface area contributed by atoms with Gasteiger partial charge in [0.25, 0.3) is 5.91 Å². The minimum absolute atomic E-state index is 0.0223. The lowest BCUT2D eigenvalue weighted by Gasteiger charge is -2.36. The Kier molecular flexibility index (Phi) is 2.55. The highest BCUT2D eigenvalue weighted by molar-refractivity contribution is 6.07. The highest BCUT2D eigenvalue weighted by Crippen LogP contribution is 2.25. The van der Waals surface area contributed by atoms with E-state index in [1.54, 1.807) is 4.90 Å². The summed E-state index contributed by atoms with van der Waals surface area (Å²) in [5, 5.41) is 4.85. The second kappa shape index (κ2) is 3.75. The van der Waals surface area contributed by atoms with Crippen LogP contribution in [0.1, 0.15) is 12.8 Å². The molecule has 7 nitrogen and oxygen atoms in total. The molecule has 2 fully saturated rings. The van der Waals surface area contributed by atoms with Crippen LogP contribution in [0.25, 0.3) is 0 Å². The number of nitrogens with one attached hydrogen (secondary N) is 2. The Hall–Kier alpha value is -1.63. The van der Waals surface area contributed by atoms with Crippen LogP contribution < -0.4 is 16.4 Å². The van der Waals surface area contributed by atoms with Gasteiger partial charge in [0.15, 0.2) is 0 Å². The van der Waals surface area contributed by atoms with Gasteiger partial charge in [-0.3, -0.25) is 14.9 Å². The number of urea groups is 1. The molecule has 7 heteroatoms. The Morgan fingerprint density at radius 3 is 2.44 bits per heavy atom. The van der Waals surface area contributed by atoms with E-state index in [0.29, 0.717) is 25.9 Å². The topological polar surface area (TPSA) is 105 Å². The number of piperidine rings is 1. The lowest BCUT2D eigenvalue weighted by Crippen LogP contribution is -2.56. The molecule has 0 saturated carbocycles. The molecule has 4 amide bonds. The maximum atomic E-state index is 11.6. The zero-order chi connectivity index (χ0) is 11.8. The van der Waals surface area contributed by atoms with Crippen LogP contribution in [0.5, 0.6) is 0 Å². The van der Waals surface area contributed by atoms with Gasteiger partial charge in [0.1, 0.15) is 5.54 Å². The van der Waals surface area contributed by atoms with Gasteiger partial charge in [0.05, 0.1) is 6.54 Å². The van der Waals surface area contributed by atoms with Gasteiger partial charge >= 0.3 is 6.03 Å². The SMILES string of the molecule is NCC(=O)N1CCC2(CC1)NC(=O)NC2=O. The number of nitrogens with zero attached hydrogens (tertiary/aromatic N) is 1. The van der Waals surface area contributed by atoms with E-state index in [1.807, 2.05) is 0 Å². The normalized spacial score (nSPS) is 23.2. The molecule has 0 aliphatic carbocycles. The van der Waals surface area contributed by atoms with Crippen molar-refractivity contribution in [2.45, 2.75) is 18.4 Å². The molecular formula is C9H14N4O3. The molecule has 4 N–H and O–H groups in total. The maximum Gasteiger partial charge on any atom is 0.322 e. The zero-order valence-corrected chi connectivity index (χ0v) is 8.78. The molecule has 16 heavy (non-hydrogen) atoms. The summed E-state index contributed by atoms with van der Waals surface area (Å²) in [6.07, 6.45) is 0.882. The predicted octanol–water partition coefficient (Wildman–Crippen LogP) is -1.85. The maximum absolute atomic E-state index is 11.6. The van der Waals surface area contributed by atoms with Gasteiger partial charge in [0.2, 0.25) is 5.91 Å². The van der Waals surface area contributed by atoms with Crippen molar-refractivity contribution in [3.8, 4) is 0 Å².